The first-order valence-corrected chi connectivity index (χ1v) is 15.6. The number of hydrogen-bond donors (Lipinski definition) is 1. The second kappa shape index (κ2) is 14.3. The number of imidazole rings is 1. The van der Waals surface area contributed by atoms with Gasteiger partial charge in [0.1, 0.15) is 31.0 Å². The molecule has 0 spiro atoms. The molecule has 3 unspecified atom stereocenters. The van der Waals surface area contributed by atoms with E-state index in [0.29, 0.717) is 54.3 Å². The van der Waals surface area contributed by atoms with Crippen molar-refractivity contribution in [3.63, 3.8) is 0 Å². The number of carboxylic acids is 1. The molecule has 1 N–H and O–H groups in total. The van der Waals surface area contributed by atoms with Crippen LogP contribution in [0.2, 0.25) is 5.02 Å². The van der Waals surface area contributed by atoms with Gasteiger partial charge in [-0.3, -0.25) is 19.3 Å². The maximum Gasteiger partial charge on any atom is 0.406 e. The SMILES string of the molecule is CN(Cc1ccccc1C=O)CC1c2c(OCc3nccn3CC(F)(F)F)ccc(Cl)c2CCN1C(=O)C1CCCCC1C(=O)O. The van der Waals surface area contributed by atoms with Gasteiger partial charge in [0.15, 0.2) is 0 Å². The Labute approximate surface area is 269 Å². The minimum atomic E-state index is -4.44. The second-order valence-corrected chi connectivity index (χ2v) is 12.4. The van der Waals surface area contributed by atoms with Crippen LogP contribution in [0.3, 0.4) is 0 Å². The van der Waals surface area contributed by atoms with Crippen molar-refractivity contribution in [3.05, 3.63) is 81.9 Å². The van der Waals surface area contributed by atoms with Crippen LogP contribution in [0.5, 0.6) is 5.75 Å². The lowest BCUT2D eigenvalue weighted by molar-refractivity contribution is -0.154. The van der Waals surface area contributed by atoms with Crippen molar-refractivity contribution in [2.45, 2.75) is 64.0 Å². The zero-order valence-electron chi connectivity index (χ0n) is 25.4. The van der Waals surface area contributed by atoms with E-state index in [1.807, 2.05) is 24.1 Å². The molecular weight excluding hydrogens is 625 g/mol. The Kier molecular flexibility index (Phi) is 10.4. The van der Waals surface area contributed by atoms with Crippen LogP contribution < -0.4 is 4.74 Å². The monoisotopic (exact) mass is 660 g/mol. The number of amides is 1. The van der Waals surface area contributed by atoms with Crippen molar-refractivity contribution in [1.82, 2.24) is 19.4 Å². The number of fused-ring (bicyclic) bond motifs is 1. The summed E-state index contributed by atoms with van der Waals surface area (Å²) in [5, 5.41) is 10.4. The summed E-state index contributed by atoms with van der Waals surface area (Å²) >= 11 is 6.69. The van der Waals surface area contributed by atoms with Gasteiger partial charge in [-0.1, -0.05) is 48.7 Å². The summed E-state index contributed by atoms with van der Waals surface area (Å²) in [5.74, 6) is -2.29. The molecule has 0 bridgehead atoms. The summed E-state index contributed by atoms with van der Waals surface area (Å²) in [6, 6.07) is 9.88. The number of rotatable bonds is 11. The number of aliphatic carboxylic acids is 1. The van der Waals surface area contributed by atoms with Crippen LogP contribution in [0.25, 0.3) is 0 Å². The first-order chi connectivity index (χ1) is 22.0. The smallest absolute Gasteiger partial charge is 0.406 e. The Morgan fingerprint density at radius 3 is 2.61 bits per heavy atom. The van der Waals surface area contributed by atoms with Crippen molar-refractivity contribution in [1.29, 1.82) is 0 Å². The number of carbonyl (C=O) groups excluding carboxylic acids is 2. The van der Waals surface area contributed by atoms with Crippen LogP contribution in [-0.4, -0.2) is 68.9 Å². The normalized spacial score (nSPS) is 20.0. The molecule has 3 atom stereocenters. The standard InChI is InChI=1S/C33H36ClF3N4O5/c1-39(16-21-6-2-3-7-22(21)18-42)17-27-30-25(12-14-41(27)31(43)23-8-4-5-9-24(23)32(44)45)26(34)10-11-28(30)46-19-29-38-13-15-40(29)20-33(35,36)37/h2-3,6-7,10-11,13,15,18,23-24,27H,4-5,8-9,12,14,16-17,19-20H2,1H3,(H,44,45). The van der Waals surface area contributed by atoms with Gasteiger partial charge in [-0.25, -0.2) is 4.98 Å². The molecule has 46 heavy (non-hydrogen) atoms. The van der Waals surface area contributed by atoms with Crippen LogP contribution in [0.4, 0.5) is 13.2 Å². The molecular formula is C33H36ClF3N4O5. The van der Waals surface area contributed by atoms with Gasteiger partial charge in [-0.15, -0.1) is 0 Å². The predicted molar refractivity (Wildman–Crippen MR) is 163 cm³/mol. The highest BCUT2D eigenvalue weighted by Gasteiger charge is 2.43. The quantitative estimate of drug-likeness (QED) is 0.254. The summed E-state index contributed by atoms with van der Waals surface area (Å²) in [7, 11) is 1.86. The Morgan fingerprint density at radius 2 is 1.89 bits per heavy atom. The second-order valence-electron chi connectivity index (χ2n) is 12.0. The molecule has 2 heterocycles. The van der Waals surface area contributed by atoms with Gasteiger partial charge in [-0.05, 0) is 49.6 Å². The molecule has 1 aliphatic carbocycles. The number of halogens is 4. The molecule has 13 heteroatoms. The van der Waals surface area contributed by atoms with Crippen LogP contribution in [-0.2, 0) is 35.7 Å². The molecule has 2 aromatic carbocycles. The lowest BCUT2D eigenvalue weighted by Gasteiger charge is -2.43. The van der Waals surface area contributed by atoms with Crippen molar-refractivity contribution >= 4 is 29.8 Å². The van der Waals surface area contributed by atoms with Gasteiger partial charge in [0.2, 0.25) is 5.91 Å². The number of aromatic nitrogens is 2. The largest absolute Gasteiger partial charge is 0.485 e. The topological polar surface area (TPSA) is 105 Å². The molecule has 246 valence electrons. The fraction of sp³-hybridized carbons (Fsp3) is 0.455. The molecule has 1 fully saturated rings. The number of benzene rings is 2. The molecule has 1 saturated carbocycles. The number of likely N-dealkylation sites (N-methyl/N-ethyl adjacent to an activating group) is 1. The third-order valence-corrected chi connectivity index (χ3v) is 9.22. The summed E-state index contributed by atoms with van der Waals surface area (Å²) < 4.78 is 46.6. The lowest BCUT2D eigenvalue weighted by Crippen LogP contribution is -2.49. The molecule has 1 aliphatic heterocycles. The van der Waals surface area contributed by atoms with Crippen LogP contribution in [0.15, 0.2) is 48.8 Å². The summed E-state index contributed by atoms with van der Waals surface area (Å²) in [6.45, 7) is -0.499. The van der Waals surface area contributed by atoms with Crippen LogP contribution >= 0.6 is 11.6 Å². The van der Waals surface area contributed by atoms with Crippen molar-refractivity contribution in [2.75, 3.05) is 20.1 Å². The number of carbonyl (C=O) groups is 3. The first kappa shape index (κ1) is 33.5. The van der Waals surface area contributed by atoms with Crippen molar-refractivity contribution in [3.8, 4) is 5.75 Å². The third kappa shape index (κ3) is 7.55. The summed E-state index contributed by atoms with van der Waals surface area (Å²) in [4.78, 5) is 45.9. The predicted octanol–water partition coefficient (Wildman–Crippen LogP) is 5.94. The zero-order chi connectivity index (χ0) is 33.0. The Balaban J connectivity index is 1.50. The van der Waals surface area contributed by atoms with Gasteiger partial charge in [0, 0.05) is 48.2 Å². The molecule has 2 aliphatic rings. The number of hydrogen-bond acceptors (Lipinski definition) is 6. The fourth-order valence-corrected chi connectivity index (χ4v) is 6.96. The fourth-order valence-electron chi connectivity index (χ4n) is 6.70. The van der Waals surface area contributed by atoms with Crippen molar-refractivity contribution in [2.24, 2.45) is 11.8 Å². The van der Waals surface area contributed by atoms with Gasteiger partial charge in [0.25, 0.3) is 0 Å². The van der Waals surface area contributed by atoms with Crippen LogP contribution in [0.1, 0.15) is 64.6 Å². The number of alkyl halides is 3. The average molecular weight is 661 g/mol. The van der Waals surface area contributed by atoms with Gasteiger partial charge in [-0.2, -0.15) is 13.2 Å². The molecule has 5 rings (SSSR count). The van der Waals surface area contributed by atoms with E-state index in [9.17, 15) is 32.7 Å². The maximum atomic E-state index is 14.3. The van der Waals surface area contributed by atoms with E-state index >= 15 is 0 Å². The first-order valence-electron chi connectivity index (χ1n) is 15.2. The van der Waals surface area contributed by atoms with E-state index in [4.69, 9.17) is 16.3 Å². The zero-order valence-corrected chi connectivity index (χ0v) is 26.1. The molecule has 3 aromatic rings. The van der Waals surface area contributed by atoms with Crippen LogP contribution in [0, 0.1) is 11.8 Å². The van der Waals surface area contributed by atoms with E-state index in [2.05, 4.69) is 4.98 Å². The highest BCUT2D eigenvalue weighted by atomic mass is 35.5. The summed E-state index contributed by atoms with van der Waals surface area (Å²) in [5.41, 5.74) is 2.72. The Hall–Kier alpha value is -3.90. The maximum absolute atomic E-state index is 14.3. The van der Waals surface area contributed by atoms with E-state index in [1.165, 1.54) is 12.4 Å². The Morgan fingerprint density at radius 1 is 1.15 bits per heavy atom. The Bertz CT molecular complexity index is 1580. The highest BCUT2D eigenvalue weighted by Crippen LogP contribution is 2.43. The van der Waals surface area contributed by atoms with E-state index in [-0.39, 0.29) is 24.9 Å². The number of carboxylic acid groups (broad SMARTS) is 1. The minimum Gasteiger partial charge on any atom is -0.485 e. The average Bonchev–Trinajstić information content (AvgIpc) is 3.45. The van der Waals surface area contributed by atoms with Crippen molar-refractivity contribution < 1.29 is 37.4 Å². The molecule has 0 radical (unpaired) electrons. The van der Waals surface area contributed by atoms with Gasteiger partial charge < -0.3 is 19.3 Å². The lowest BCUT2D eigenvalue weighted by atomic mass is 9.77. The van der Waals surface area contributed by atoms with Gasteiger partial charge in [0.05, 0.1) is 17.9 Å². The molecule has 1 aromatic heterocycles. The minimum absolute atomic E-state index is 0.0791. The van der Waals surface area contributed by atoms with E-state index in [0.717, 1.165) is 34.8 Å². The third-order valence-electron chi connectivity index (χ3n) is 8.87. The van der Waals surface area contributed by atoms with Gasteiger partial charge >= 0.3 is 12.1 Å². The molecule has 1 amide bonds. The summed E-state index contributed by atoms with van der Waals surface area (Å²) in [6.07, 6.45) is 1.63. The van der Waals surface area contributed by atoms with E-state index in [1.54, 1.807) is 29.2 Å². The highest BCUT2D eigenvalue weighted by molar-refractivity contribution is 6.31. The van der Waals surface area contributed by atoms with E-state index < -0.39 is 36.6 Å². The number of nitrogens with zero attached hydrogens (tertiary/aromatic N) is 4. The number of aldehydes is 1. The number of ether oxygens (including phenoxy) is 1. The molecule has 0 saturated heterocycles. The molecule has 9 nitrogen and oxygen atoms in total.